The molecule has 1 aromatic carbocycles. The van der Waals surface area contributed by atoms with Gasteiger partial charge in [-0.25, -0.2) is 0 Å². The number of nitrogens with zero attached hydrogens (tertiary/aromatic N) is 1. The highest BCUT2D eigenvalue weighted by atomic mass is 19.4. The maximum atomic E-state index is 12.6. The Hall–Kier alpha value is -1.54. The summed E-state index contributed by atoms with van der Waals surface area (Å²) in [5.74, 6) is 0. The van der Waals surface area contributed by atoms with Crippen molar-refractivity contribution in [1.29, 1.82) is 5.26 Å². The van der Waals surface area contributed by atoms with E-state index >= 15 is 0 Å². The first kappa shape index (κ1) is 11.0. The number of hydrogen-bond donors (Lipinski definition) is 0. The Bertz CT molecular complexity index is 436. The molecule has 0 fully saturated rings. The van der Waals surface area contributed by atoms with Gasteiger partial charge in [0.15, 0.2) is 6.10 Å². The van der Waals surface area contributed by atoms with Crippen LogP contribution < -0.4 is 0 Å². The number of fused-ring (bicyclic) bond motifs is 1. The summed E-state index contributed by atoms with van der Waals surface area (Å²) in [6.07, 6.45) is -7.17. The van der Waals surface area contributed by atoms with E-state index in [1.54, 1.807) is 12.1 Å². The molecular weight excluding hydrogens is 219 g/mol. The Balaban J connectivity index is 2.40. The lowest BCUT2D eigenvalue weighted by atomic mass is 10.0. The third kappa shape index (κ3) is 1.76. The van der Waals surface area contributed by atoms with E-state index in [1.807, 2.05) is 6.07 Å². The molecule has 2 atom stereocenters. The van der Waals surface area contributed by atoms with Gasteiger partial charge in [-0.1, -0.05) is 24.3 Å². The topological polar surface area (TPSA) is 33.0 Å². The first-order valence-electron chi connectivity index (χ1n) is 4.72. The van der Waals surface area contributed by atoms with Gasteiger partial charge in [0.25, 0.3) is 0 Å². The van der Waals surface area contributed by atoms with Gasteiger partial charge in [0.1, 0.15) is 0 Å². The third-order valence-corrected chi connectivity index (χ3v) is 2.50. The summed E-state index contributed by atoms with van der Waals surface area (Å²) in [5.41, 5.74) is 0.585. The fourth-order valence-corrected chi connectivity index (χ4v) is 1.85. The molecule has 84 valence electrons. The first-order valence-corrected chi connectivity index (χ1v) is 4.72. The summed E-state index contributed by atoms with van der Waals surface area (Å²) in [5, 5.41) is 8.53. The summed E-state index contributed by atoms with van der Waals surface area (Å²) in [6, 6.07) is 7.98. The number of benzene rings is 1. The molecule has 0 N–H and O–H groups in total. The molecular formula is C11H8F3NO. The van der Waals surface area contributed by atoms with Crippen molar-refractivity contribution in [2.75, 3.05) is 0 Å². The van der Waals surface area contributed by atoms with E-state index in [0.717, 1.165) is 0 Å². The number of alkyl halides is 3. The SMILES string of the molecule is N#CCC1OC(C(F)(F)F)c2ccccc21. The van der Waals surface area contributed by atoms with Gasteiger partial charge in [0.05, 0.1) is 18.6 Å². The predicted molar refractivity (Wildman–Crippen MR) is 49.3 cm³/mol. The van der Waals surface area contributed by atoms with Gasteiger partial charge in [0.2, 0.25) is 0 Å². The summed E-state index contributed by atoms with van der Waals surface area (Å²) in [4.78, 5) is 0. The van der Waals surface area contributed by atoms with Gasteiger partial charge >= 0.3 is 6.18 Å². The van der Waals surface area contributed by atoms with Crippen molar-refractivity contribution in [3.63, 3.8) is 0 Å². The lowest BCUT2D eigenvalue weighted by molar-refractivity contribution is -0.228. The largest absolute Gasteiger partial charge is 0.418 e. The van der Waals surface area contributed by atoms with Gasteiger partial charge in [0, 0.05) is 0 Å². The molecule has 0 aromatic heterocycles. The number of rotatable bonds is 1. The number of ether oxygens (including phenoxy) is 1. The van der Waals surface area contributed by atoms with Crippen LogP contribution in [0.25, 0.3) is 0 Å². The number of halogens is 3. The van der Waals surface area contributed by atoms with Crippen molar-refractivity contribution in [3.05, 3.63) is 35.4 Å². The van der Waals surface area contributed by atoms with E-state index in [1.165, 1.54) is 12.1 Å². The normalized spacial score (nSPS) is 23.9. The first-order chi connectivity index (χ1) is 7.54. The van der Waals surface area contributed by atoms with Crippen LogP contribution in [0.5, 0.6) is 0 Å². The molecule has 1 aromatic rings. The minimum Gasteiger partial charge on any atom is -0.355 e. The Morgan fingerprint density at radius 2 is 1.88 bits per heavy atom. The zero-order valence-corrected chi connectivity index (χ0v) is 8.16. The van der Waals surface area contributed by atoms with E-state index in [9.17, 15) is 13.2 Å². The average Bonchev–Trinajstić information content (AvgIpc) is 2.58. The lowest BCUT2D eigenvalue weighted by Gasteiger charge is -2.16. The fraction of sp³-hybridized carbons (Fsp3) is 0.364. The van der Waals surface area contributed by atoms with Crippen LogP contribution in [0.2, 0.25) is 0 Å². The molecule has 2 unspecified atom stereocenters. The van der Waals surface area contributed by atoms with Gasteiger partial charge in [-0.3, -0.25) is 0 Å². The Morgan fingerprint density at radius 1 is 1.25 bits per heavy atom. The van der Waals surface area contributed by atoms with Crippen LogP contribution in [0.3, 0.4) is 0 Å². The molecule has 1 aliphatic rings. The summed E-state index contributed by atoms with van der Waals surface area (Å²) in [6.45, 7) is 0. The molecule has 0 bridgehead atoms. The molecule has 1 aliphatic heterocycles. The van der Waals surface area contributed by atoms with Gasteiger partial charge < -0.3 is 4.74 Å². The molecule has 0 aliphatic carbocycles. The van der Waals surface area contributed by atoms with Crippen LogP contribution in [0, 0.1) is 11.3 Å². The molecule has 0 spiro atoms. The van der Waals surface area contributed by atoms with Crippen LogP contribution >= 0.6 is 0 Å². The van der Waals surface area contributed by atoms with Crippen molar-refractivity contribution >= 4 is 0 Å². The second kappa shape index (κ2) is 3.80. The quantitative estimate of drug-likeness (QED) is 0.737. The zero-order valence-electron chi connectivity index (χ0n) is 8.16. The van der Waals surface area contributed by atoms with Crippen LogP contribution in [-0.2, 0) is 4.74 Å². The smallest absolute Gasteiger partial charge is 0.355 e. The second-order valence-electron chi connectivity index (χ2n) is 3.54. The van der Waals surface area contributed by atoms with Crippen LogP contribution in [0.1, 0.15) is 29.8 Å². The Labute approximate surface area is 90.3 Å². The summed E-state index contributed by atoms with van der Waals surface area (Å²) >= 11 is 0. The molecule has 0 radical (unpaired) electrons. The lowest BCUT2D eigenvalue weighted by Crippen LogP contribution is -2.20. The standard InChI is InChI=1S/C11H8F3NO/c12-11(13,14)10-8-4-2-1-3-7(8)9(16-10)5-6-15/h1-4,9-10H,5H2. The van der Waals surface area contributed by atoms with E-state index in [-0.39, 0.29) is 12.0 Å². The van der Waals surface area contributed by atoms with Gasteiger partial charge in [-0.2, -0.15) is 18.4 Å². The van der Waals surface area contributed by atoms with Crippen molar-refractivity contribution < 1.29 is 17.9 Å². The molecule has 5 heteroatoms. The van der Waals surface area contributed by atoms with E-state index in [4.69, 9.17) is 10.00 Å². The summed E-state index contributed by atoms with van der Waals surface area (Å²) in [7, 11) is 0. The average molecular weight is 227 g/mol. The van der Waals surface area contributed by atoms with E-state index in [2.05, 4.69) is 0 Å². The number of hydrogen-bond acceptors (Lipinski definition) is 2. The Morgan fingerprint density at radius 3 is 2.44 bits per heavy atom. The highest BCUT2D eigenvalue weighted by Gasteiger charge is 2.48. The molecule has 0 amide bonds. The van der Waals surface area contributed by atoms with Gasteiger partial charge in [-0.15, -0.1) is 0 Å². The number of nitriles is 1. The fourth-order valence-electron chi connectivity index (χ4n) is 1.85. The molecule has 2 rings (SSSR count). The van der Waals surface area contributed by atoms with E-state index < -0.39 is 18.4 Å². The van der Waals surface area contributed by atoms with Gasteiger partial charge in [-0.05, 0) is 11.1 Å². The zero-order chi connectivity index (χ0) is 11.8. The maximum Gasteiger partial charge on any atom is 0.418 e. The third-order valence-electron chi connectivity index (χ3n) is 2.50. The molecule has 16 heavy (non-hydrogen) atoms. The minimum atomic E-state index is -4.43. The van der Waals surface area contributed by atoms with Crippen molar-refractivity contribution in [2.24, 2.45) is 0 Å². The molecule has 0 saturated heterocycles. The van der Waals surface area contributed by atoms with Crippen molar-refractivity contribution in [2.45, 2.75) is 24.8 Å². The van der Waals surface area contributed by atoms with Crippen molar-refractivity contribution in [1.82, 2.24) is 0 Å². The highest BCUT2D eigenvalue weighted by Crippen LogP contribution is 2.48. The Kier molecular flexibility index (Phi) is 2.60. The molecule has 0 saturated carbocycles. The van der Waals surface area contributed by atoms with Crippen molar-refractivity contribution in [3.8, 4) is 6.07 Å². The highest BCUT2D eigenvalue weighted by molar-refractivity contribution is 5.35. The maximum absolute atomic E-state index is 12.6. The summed E-state index contributed by atoms with van der Waals surface area (Å²) < 4.78 is 42.8. The predicted octanol–water partition coefficient (Wildman–Crippen LogP) is 3.27. The van der Waals surface area contributed by atoms with Crippen LogP contribution in [-0.4, -0.2) is 6.18 Å². The monoisotopic (exact) mass is 227 g/mol. The second-order valence-corrected chi connectivity index (χ2v) is 3.54. The molecule has 2 nitrogen and oxygen atoms in total. The molecule has 1 heterocycles. The minimum absolute atomic E-state index is 0.0659. The van der Waals surface area contributed by atoms with Crippen LogP contribution in [0.4, 0.5) is 13.2 Å². The van der Waals surface area contributed by atoms with Crippen LogP contribution in [0.15, 0.2) is 24.3 Å². The van der Waals surface area contributed by atoms with E-state index in [0.29, 0.717) is 5.56 Å².